The van der Waals surface area contributed by atoms with Crippen LogP contribution in [0.3, 0.4) is 0 Å². The first-order chi connectivity index (χ1) is 13.9. The lowest BCUT2D eigenvalue weighted by molar-refractivity contribution is 0.301. The summed E-state index contributed by atoms with van der Waals surface area (Å²) in [6.45, 7) is 0.424. The van der Waals surface area contributed by atoms with Crippen molar-refractivity contribution in [3.05, 3.63) is 90.3 Å². The maximum Gasteiger partial charge on any atom is 0.269 e. The Morgan fingerprint density at radius 3 is 2.57 bits per heavy atom. The number of para-hydroxylation sites is 1. The zero-order valence-electron chi connectivity index (χ0n) is 14.9. The first-order valence-corrected chi connectivity index (χ1v) is 8.64. The van der Waals surface area contributed by atoms with Gasteiger partial charge in [0.1, 0.15) is 12.4 Å². The fraction of sp³-hybridized carbons (Fsp3) is 0.0500. The number of benzene rings is 2. The maximum absolute atomic E-state index is 5.73. The Labute approximate surface area is 161 Å². The lowest BCUT2D eigenvalue weighted by Gasteiger charge is -2.05. The topological polar surface area (TPSA) is 90.1 Å². The molecule has 0 radical (unpaired) electrons. The van der Waals surface area contributed by atoms with Crippen molar-refractivity contribution in [1.82, 2.24) is 25.3 Å². The van der Waals surface area contributed by atoms with Crippen LogP contribution in [-0.4, -0.2) is 31.5 Å². The van der Waals surface area contributed by atoms with Crippen molar-refractivity contribution < 1.29 is 4.74 Å². The molecule has 0 atom stereocenters. The van der Waals surface area contributed by atoms with Crippen LogP contribution in [0.1, 0.15) is 11.3 Å². The Morgan fingerprint density at radius 1 is 0.964 bits per heavy atom. The van der Waals surface area contributed by atoms with E-state index in [9.17, 15) is 0 Å². The molecule has 0 fully saturated rings. The molecule has 1 N–H and O–H groups in total. The van der Waals surface area contributed by atoms with Gasteiger partial charge >= 0.3 is 0 Å². The van der Waals surface area contributed by atoms with E-state index in [0.29, 0.717) is 12.6 Å². The van der Waals surface area contributed by atoms with Gasteiger partial charge in [-0.05, 0) is 64.5 Å². The monoisotopic (exact) mass is 371 g/mol. The second-order valence-electron chi connectivity index (χ2n) is 5.81. The van der Waals surface area contributed by atoms with Gasteiger partial charge in [-0.25, -0.2) is 0 Å². The predicted molar refractivity (Wildman–Crippen MR) is 106 cm³/mol. The number of nitrogens with one attached hydrogen (secondary N) is 1. The lowest BCUT2D eigenvalue weighted by Crippen LogP contribution is -2.01. The van der Waals surface area contributed by atoms with E-state index in [4.69, 9.17) is 4.74 Å². The molecule has 2 aromatic carbocycles. The number of ether oxygens (including phenoxy) is 1. The van der Waals surface area contributed by atoms with Gasteiger partial charge in [-0.1, -0.05) is 34.2 Å². The first kappa shape index (κ1) is 17.3. The van der Waals surface area contributed by atoms with E-state index in [1.165, 1.54) is 4.79 Å². The predicted octanol–water partition coefficient (Wildman–Crippen LogP) is 3.27. The van der Waals surface area contributed by atoms with Gasteiger partial charge < -0.3 is 10.1 Å². The Bertz CT molecular complexity index is 1030. The average Bonchev–Trinajstić information content (AvgIpc) is 3.20. The van der Waals surface area contributed by atoms with Crippen LogP contribution in [0.2, 0.25) is 0 Å². The first-order valence-electron chi connectivity index (χ1n) is 8.64. The van der Waals surface area contributed by atoms with E-state index in [2.05, 4.69) is 30.9 Å². The maximum atomic E-state index is 5.73. The van der Waals surface area contributed by atoms with Gasteiger partial charge in [0.25, 0.3) is 5.95 Å². The van der Waals surface area contributed by atoms with Crippen LogP contribution in [0.4, 0.5) is 11.6 Å². The minimum Gasteiger partial charge on any atom is -0.487 e. The van der Waals surface area contributed by atoms with Crippen LogP contribution in [-0.2, 0) is 6.61 Å². The number of anilines is 2. The number of hydrogen-bond acceptors (Lipinski definition) is 7. The standard InChI is InChI=1S/C20H17N7O/c1-2-6-17(7-3-1)23-20-24-25-26-27(20)22-14-16-9-11-19(12-10-16)28-15-18-8-4-5-13-21-18/h1-14H,15H2,(H,23,24,26). The molecule has 8 nitrogen and oxygen atoms in total. The van der Waals surface area contributed by atoms with Crippen LogP contribution in [0.5, 0.6) is 5.75 Å². The van der Waals surface area contributed by atoms with Crippen LogP contribution in [0, 0.1) is 0 Å². The summed E-state index contributed by atoms with van der Waals surface area (Å²) in [5.41, 5.74) is 2.65. The molecule has 0 aliphatic rings. The van der Waals surface area contributed by atoms with E-state index < -0.39 is 0 Å². The lowest BCUT2D eigenvalue weighted by atomic mass is 10.2. The van der Waals surface area contributed by atoms with E-state index in [0.717, 1.165) is 22.7 Å². The third-order valence-corrected chi connectivity index (χ3v) is 3.79. The van der Waals surface area contributed by atoms with Crippen molar-refractivity contribution in [2.24, 2.45) is 5.10 Å². The number of tetrazole rings is 1. The van der Waals surface area contributed by atoms with Gasteiger partial charge in [0.15, 0.2) is 0 Å². The third-order valence-electron chi connectivity index (χ3n) is 3.79. The fourth-order valence-electron chi connectivity index (χ4n) is 2.40. The summed E-state index contributed by atoms with van der Waals surface area (Å²) < 4.78 is 5.73. The summed E-state index contributed by atoms with van der Waals surface area (Å²) in [5.74, 6) is 1.19. The van der Waals surface area contributed by atoms with Gasteiger partial charge in [0.05, 0.1) is 11.9 Å². The highest BCUT2D eigenvalue weighted by molar-refractivity contribution is 5.79. The molecule has 0 unspecified atom stereocenters. The minimum atomic E-state index is 0.424. The average molecular weight is 371 g/mol. The van der Waals surface area contributed by atoms with Crippen molar-refractivity contribution in [2.75, 3.05) is 5.32 Å². The summed E-state index contributed by atoms with van der Waals surface area (Å²) in [4.78, 5) is 5.57. The number of hydrogen-bond donors (Lipinski definition) is 1. The third kappa shape index (κ3) is 4.55. The van der Waals surface area contributed by atoms with Gasteiger partial charge in [0, 0.05) is 11.9 Å². The van der Waals surface area contributed by atoms with E-state index in [1.807, 2.05) is 72.8 Å². The summed E-state index contributed by atoms with van der Waals surface area (Å²) in [7, 11) is 0. The largest absolute Gasteiger partial charge is 0.487 e. The van der Waals surface area contributed by atoms with Crippen molar-refractivity contribution in [1.29, 1.82) is 0 Å². The van der Waals surface area contributed by atoms with Crippen LogP contribution < -0.4 is 10.1 Å². The zero-order chi connectivity index (χ0) is 19.0. The number of aromatic nitrogens is 5. The zero-order valence-corrected chi connectivity index (χ0v) is 14.9. The van der Waals surface area contributed by atoms with Crippen LogP contribution >= 0.6 is 0 Å². The normalized spacial score (nSPS) is 10.9. The molecule has 0 amide bonds. The Hall–Kier alpha value is -4.07. The van der Waals surface area contributed by atoms with Gasteiger partial charge in [-0.2, -0.15) is 5.10 Å². The molecule has 2 aromatic heterocycles. The van der Waals surface area contributed by atoms with E-state index in [1.54, 1.807) is 12.4 Å². The Kier molecular flexibility index (Phi) is 5.29. The quantitative estimate of drug-likeness (QED) is 0.502. The number of nitrogens with zero attached hydrogens (tertiary/aromatic N) is 6. The van der Waals surface area contributed by atoms with E-state index in [-0.39, 0.29) is 0 Å². The molecular weight excluding hydrogens is 354 g/mol. The Morgan fingerprint density at radius 2 is 1.79 bits per heavy atom. The summed E-state index contributed by atoms with van der Waals surface area (Å²) in [6, 6.07) is 23.0. The molecule has 0 spiro atoms. The molecule has 0 aliphatic carbocycles. The molecule has 0 aliphatic heterocycles. The highest BCUT2D eigenvalue weighted by Crippen LogP contribution is 2.14. The molecule has 28 heavy (non-hydrogen) atoms. The van der Waals surface area contributed by atoms with Gasteiger partial charge in [-0.15, -0.1) is 0 Å². The SMILES string of the molecule is C(=Nn1nnnc1Nc1ccccc1)c1ccc(OCc2ccccn2)cc1. The van der Waals surface area contributed by atoms with Crippen molar-refractivity contribution in [3.63, 3.8) is 0 Å². The number of rotatable bonds is 7. The number of pyridine rings is 1. The second-order valence-corrected chi connectivity index (χ2v) is 5.81. The molecule has 2 heterocycles. The van der Waals surface area contributed by atoms with Crippen molar-refractivity contribution in [2.45, 2.75) is 6.61 Å². The smallest absolute Gasteiger partial charge is 0.269 e. The molecule has 138 valence electrons. The van der Waals surface area contributed by atoms with Crippen LogP contribution in [0.25, 0.3) is 0 Å². The van der Waals surface area contributed by atoms with Crippen LogP contribution in [0.15, 0.2) is 84.1 Å². The van der Waals surface area contributed by atoms with E-state index >= 15 is 0 Å². The molecular formula is C20H17N7O. The highest BCUT2D eigenvalue weighted by atomic mass is 16.5. The molecule has 0 saturated heterocycles. The van der Waals surface area contributed by atoms with Crippen molar-refractivity contribution in [3.8, 4) is 5.75 Å². The second kappa shape index (κ2) is 8.54. The summed E-state index contributed by atoms with van der Waals surface area (Å²) in [6.07, 6.45) is 3.42. The fourth-order valence-corrected chi connectivity index (χ4v) is 2.40. The molecule has 0 bridgehead atoms. The molecule has 0 saturated carbocycles. The Balaban J connectivity index is 1.38. The highest BCUT2D eigenvalue weighted by Gasteiger charge is 2.04. The molecule has 8 heteroatoms. The van der Waals surface area contributed by atoms with Crippen molar-refractivity contribution >= 4 is 17.9 Å². The minimum absolute atomic E-state index is 0.424. The summed E-state index contributed by atoms with van der Waals surface area (Å²) >= 11 is 0. The molecule has 4 aromatic rings. The summed E-state index contributed by atoms with van der Waals surface area (Å²) in [5, 5.41) is 18.9. The van der Waals surface area contributed by atoms with Gasteiger partial charge in [-0.3, -0.25) is 4.98 Å². The van der Waals surface area contributed by atoms with Gasteiger partial charge in [0.2, 0.25) is 0 Å². The molecule has 4 rings (SSSR count).